The number of nitriles is 1. The molecule has 1 heterocycles. The van der Waals surface area contributed by atoms with E-state index in [1.807, 2.05) is 64.1 Å². The first-order valence-electron chi connectivity index (χ1n) is 10.1. The molecule has 0 radical (unpaired) electrons. The van der Waals surface area contributed by atoms with Crippen molar-refractivity contribution in [3.05, 3.63) is 58.0 Å². The Morgan fingerprint density at radius 1 is 1.13 bits per heavy atom. The first kappa shape index (κ1) is 22.4. The van der Waals surface area contributed by atoms with Crippen LogP contribution in [0.3, 0.4) is 0 Å². The van der Waals surface area contributed by atoms with Gasteiger partial charge in [0.05, 0.1) is 17.2 Å². The third-order valence-corrected chi connectivity index (χ3v) is 5.65. The molecule has 2 aromatic rings. The van der Waals surface area contributed by atoms with Crippen molar-refractivity contribution in [3.8, 4) is 17.6 Å². The fourth-order valence-corrected chi connectivity index (χ4v) is 4.13. The molecule has 0 N–H and O–H groups in total. The molecule has 2 aromatic carbocycles. The molecule has 1 aliphatic rings. The van der Waals surface area contributed by atoms with Crippen LogP contribution in [-0.2, 0) is 4.79 Å². The van der Waals surface area contributed by atoms with Crippen molar-refractivity contribution >= 4 is 34.6 Å². The summed E-state index contributed by atoms with van der Waals surface area (Å²) in [5.74, 6) is 0.974. The van der Waals surface area contributed by atoms with E-state index < -0.39 is 0 Å². The van der Waals surface area contributed by atoms with Crippen LogP contribution in [0.25, 0.3) is 6.08 Å². The largest absolute Gasteiger partial charge is 0.490 e. The van der Waals surface area contributed by atoms with E-state index >= 15 is 0 Å². The zero-order valence-electron chi connectivity index (χ0n) is 18.1. The second-order valence-electron chi connectivity index (χ2n) is 6.93. The summed E-state index contributed by atoms with van der Waals surface area (Å²) in [5.41, 5.74) is 3.87. The summed E-state index contributed by atoms with van der Waals surface area (Å²) < 4.78 is 11.1. The Labute approximate surface area is 187 Å². The van der Waals surface area contributed by atoms with Crippen molar-refractivity contribution in [2.24, 2.45) is 4.99 Å². The number of amides is 1. The number of hydrogen-bond acceptors (Lipinski definition) is 6. The van der Waals surface area contributed by atoms with Crippen molar-refractivity contribution in [3.63, 3.8) is 0 Å². The van der Waals surface area contributed by atoms with E-state index in [-0.39, 0.29) is 12.5 Å². The molecular weight excluding hydrogens is 410 g/mol. The van der Waals surface area contributed by atoms with Gasteiger partial charge < -0.3 is 9.47 Å². The number of amidine groups is 1. The highest BCUT2D eigenvalue weighted by Crippen LogP contribution is 2.36. The van der Waals surface area contributed by atoms with Crippen LogP contribution in [0, 0.1) is 25.2 Å². The molecule has 0 aromatic heterocycles. The molecule has 31 heavy (non-hydrogen) atoms. The van der Waals surface area contributed by atoms with Crippen molar-refractivity contribution < 1.29 is 14.3 Å². The molecular formula is C24H25N3O3S. The molecule has 1 amide bonds. The van der Waals surface area contributed by atoms with Gasteiger partial charge in [-0.1, -0.05) is 18.2 Å². The molecule has 6 nitrogen and oxygen atoms in total. The predicted octanol–water partition coefficient (Wildman–Crippen LogP) is 5.23. The van der Waals surface area contributed by atoms with Gasteiger partial charge in [0.2, 0.25) is 0 Å². The lowest BCUT2D eigenvalue weighted by Crippen LogP contribution is -2.28. The first-order valence-corrected chi connectivity index (χ1v) is 10.9. The number of ether oxygens (including phenoxy) is 2. The minimum Gasteiger partial charge on any atom is -0.490 e. The van der Waals surface area contributed by atoms with Gasteiger partial charge in [-0.05, 0) is 80.4 Å². The molecule has 1 aliphatic heterocycles. The average molecular weight is 436 g/mol. The van der Waals surface area contributed by atoms with Crippen LogP contribution < -0.4 is 9.47 Å². The molecule has 0 saturated carbocycles. The third-order valence-electron chi connectivity index (χ3n) is 4.64. The average Bonchev–Trinajstić information content (AvgIpc) is 3.04. The number of nitrogens with zero attached hydrogens (tertiary/aromatic N) is 3. The van der Waals surface area contributed by atoms with E-state index in [9.17, 15) is 4.79 Å². The van der Waals surface area contributed by atoms with Gasteiger partial charge in [0, 0.05) is 6.54 Å². The lowest BCUT2D eigenvalue weighted by atomic mass is 10.1. The lowest BCUT2D eigenvalue weighted by Gasteiger charge is -2.13. The summed E-state index contributed by atoms with van der Waals surface area (Å²) in [6, 6.07) is 13.5. The molecule has 160 valence electrons. The first-order chi connectivity index (χ1) is 15.0. The van der Waals surface area contributed by atoms with E-state index in [0.717, 1.165) is 22.4 Å². The molecule has 1 fully saturated rings. The Morgan fingerprint density at radius 2 is 1.94 bits per heavy atom. The second-order valence-corrected chi connectivity index (χ2v) is 7.94. The zero-order valence-corrected chi connectivity index (χ0v) is 19.0. The van der Waals surface area contributed by atoms with Crippen LogP contribution in [0.2, 0.25) is 0 Å². The number of benzene rings is 2. The zero-order chi connectivity index (χ0) is 22.4. The number of aliphatic imine (C=N–C) groups is 1. The van der Waals surface area contributed by atoms with Gasteiger partial charge in [0.15, 0.2) is 23.3 Å². The summed E-state index contributed by atoms with van der Waals surface area (Å²) in [6.07, 6.45) is 1.83. The fourth-order valence-electron chi connectivity index (χ4n) is 3.08. The smallest absolute Gasteiger partial charge is 0.266 e. The maximum Gasteiger partial charge on any atom is 0.266 e. The topological polar surface area (TPSA) is 74.9 Å². The molecule has 0 atom stereocenters. The van der Waals surface area contributed by atoms with Gasteiger partial charge in [-0.25, -0.2) is 4.99 Å². The monoisotopic (exact) mass is 435 g/mol. The Bertz CT molecular complexity index is 1090. The van der Waals surface area contributed by atoms with Crippen LogP contribution in [0.4, 0.5) is 5.69 Å². The number of carbonyl (C=O) groups is 1. The second kappa shape index (κ2) is 10.2. The van der Waals surface area contributed by atoms with Crippen molar-refractivity contribution in [2.75, 3.05) is 19.8 Å². The van der Waals surface area contributed by atoms with Gasteiger partial charge in [-0.2, -0.15) is 5.26 Å². The normalized spacial score (nSPS) is 16.1. The maximum atomic E-state index is 13.0. The number of thioether (sulfide) groups is 1. The van der Waals surface area contributed by atoms with Crippen LogP contribution in [0.15, 0.2) is 46.3 Å². The molecule has 3 rings (SSSR count). The highest BCUT2D eigenvalue weighted by Gasteiger charge is 2.32. The number of hydrogen-bond donors (Lipinski definition) is 0. The molecule has 1 saturated heterocycles. The van der Waals surface area contributed by atoms with Crippen LogP contribution in [-0.4, -0.2) is 35.7 Å². The summed E-state index contributed by atoms with van der Waals surface area (Å²) in [4.78, 5) is 20.0. The van der Waals surface area contributed by atoms with Gasteiger partial charge in [0.25, 0.3) is 5.91 Å². The number of likely N-dealkylation sites (N-methyl/N-ethyl adjacent to an activating group) is 1. The Hall–Kier alpha value is -3.24. The number of aryl methyl sites for hydroxylation is 2. The van der Waals surface area contributed by atoms with Crippen LogP contribution in [0.5, 0.6) is 11.5 Å². The summed E-state index contributed by atoms with van der Waals surface area (Å²) >= 11 is 1.37. The van der Waals surface area contributed by atoms with Crippen molar-refractivity contribution in [2.45, 2.75) is 27.7 Å². The summed E-state index contributed by atoms with van der Waals surface area (Å²) in [6.45, 7) is 8.81. The minimum absolute atomic E-state index is 0.0570. The van der Waals surface area contributed by atoms with Crippen molar-refractivity contribution in [1.29, 1.82) is 5.26 Å². The van der Waals surface area contributed by atoms with E-state index in [2.05, 4.69) is 6.07 Å². The number of carbonyl (C=O) groups excluding carboxylic acids is 1. The van der Waals surface area contributed by atoms with E-state index in [0.29, 0.717) is 34.7 Å². The standard InChI is InChI=1S/C24H25N3O3S/c1-5-27-23(28)22(31-24(27)26-19-13-16(3)7-8-17(19)4)15-18-9-10-20(30-12-11-25)21(14-18)29-6-2/h7-10,13-15H,5-6,12H2,1-4H3/b22-15+,26-24?. The van der Waals surface area contributed by atoms with E-state index in [1.165, 1.54) is 11.8 Å². The Kier molecular flexibility index (Phi) is 7.37. The molecule has 0 spiro atoms. The lowest BCUT2D eigenvalue weighted by molar-refractivity contribution is -0.122. The maximum absolute atomic E-state index is 13.0. The molecule has 0 unspecified atom stereocenters. The molecule has 7 heteroatoms. The Balaban J connectivity index is 1.93. The quantitative estimate of drug-likeness (QED) is 0.557. The third kappa shape index (κ3) is 5.28. The Morgan fingerprint density at radius 3 is 2.65 bits per heavy atom. The van der Waals surface area contributed by atoms with Gasteiger partial charge in [-0.15, -0.1) is 0 Å². The van der Waals surface area contributed by atoms with Gasteiger partial charge in [0.1, 0.15) is 6.07 Å². The minimum atomic E-state index is -0.0701. The van der Waals surface area contributed by atoms with Crippen LogP contribution >= 0.6 is 11.8 Å². The number of rotatable bonds is 7. The molecule has 0 aliphatic carbocycles. The molecule has 0 bridgehead atoms. The van der Waals surface area contributed by atoms with E-state index in [1.54, 1.807) is 11.0 Å². The highest BCUT2D eigenvalue weighted by molar-refractivity contribution is 8.18. The van der Waals surface area contributed by atoms with Crippen LogP contribution in [0.1, 0.15) is 30.5 Å². The SMILES string of the molecule is CCOc1cc(/C=C2/SC(=Nc3cc(C)ccc3C)N(CC)C2=O)ccc1OCC#N. The van der Waals surface area contributed by atoms with Crippen molar-refractivity contribution in [1.82, 2.24) is 4.90 Å². The fraction of sp³-hybridized carbons (Fsp3) is 0.292. The van der Waals surface area contributed by atoms with Gasteiger partial charge in [-0.3, -0.25) is 9.69 Å². The van der Waals surface area contributed by atoms with Gasteiger partial charge >= 0.3 is 0 Å². The summed E-state index contributed by atoms with van der Waals surface area (Å²) in [7, 11) is 0. The summed E-state index contributed by atoms with van der Waals surface area (Å²) in [5, 5.41) is 9.42. The predicted molar refractivity (Wildman–Crippen MR) is 125 cm³/mol. The highest BCUT2D eigenvalue weighted by atomic mass is 32.2. The van der Waals surface area contributed by atoms with E-state index in [4.69, 9.17) is 19.7 Å².